The lowest BCUT2D eigenvalue weighted by Crippen LogP contribution is -2.53. The highest BCUT2D eigenvalue weighted by Crippen LogP contribution is 2.46. The summed E-state index contributed by atoms with van der Waals surface area (Å²) in [7, 11) is 1.39. The first-order valence-corrected chi connectivity index (χ1v) is 9.18. The van der Waals surface area contributed by atoms with Gasteiger partial charge in [0.25, 0.3) is 0 Å². The molecule has 24 heavy (non-hydrogen) atoms. The normalized spacial score (nSPS) is 26.2. The Labute approximate surface area is 151 Å². The molecule has 2 aliphatic heterocycles. The number of halogens is 1. The molecule has 0 saturated carbocycles. The largest absolute Gasteiger partial charge is 0.467 e. The number of piperidine rings is 1. The molecule has 1 aromatic carbocycles. The predicted octanol–water partition coefficient (Wildman–Crippen LogP) is 2.77. The maximum atomic E-state index is 11.7. The summed E-state index contributed by atoms with van der Waals surface area (Å²) in [5.41, 5.74) is 0.410. The van der Waals surface area contributed by atoms with Crippen LogP contribution in [0.2, 0.25) is 0 Å². The second-order valence-corrected chi connectivity index (χ2v) is 7.49. The van der Waals surface area contributed by atoms with Gasteiger partial charge in [0.05, 0.1) is 24.9 Å². The zero-order chi connectivity index (χ0) is 17.0. The van der Waals surface area contributed by atoms with E-state index in [1.807, 2.05) is 12.1 Å². The molecule has 1 spiro atoms. The van der Waals surface area contributed by atoms with Crippen molar-refractivity contribution in [2.75, 3.05) is 33.4 Å². The van der Waals surface area contributed by atoms with Crippen LogP contribution in [-0.2, 0) is 24.6 Å². The van der Waals surface area contributed by atoms with Crippen LogP contribution in [0.4, 0.5) is 0 Å². The number of hydrogen-bond donors (Lipinski definition) is 1. The Hall–Kier alpha value is -0.950. The van der Waals surface area contributed by atoms with Gasteiger partial charge in [-0.15, -0.1) is 0 Å². The maximum absolute atomic E-state index is 11.7. The number of carbonyl (C=O) groups excluding carboxylic acids is 1. The summed E-state index contributed by atoms with van der Waals surface area (Å²) in [6.07, 6.45) is 3.43. The quantitative estimate of drug-likeness (QED) is 0.791. The molecule has 1 N–H and O–H groups in total. The second kappa shape index (κ2) is 7.52. The molecule has 3 rings (SSSR count). The molecular formula is C18H24BrNO4. The van der Waals surface area contributed by atoms with Gasteiger partial charge in [-0.25, -0.2) is 4.79 Å². The molecule has 1 atom stereocenters. The molecular weight excluding hydrogens is 374 g/mol. The van der Waals surface area contributed by atoms with Crippen molar-refractivity contribution in [2.45, 2.75) is 36.9 Å². The Morgan fingerprint density at radius 3 is 2.62 bits per heavy atom. The van der Waals surface area contributed by atoms with Crippen molar-refractivity contribution >= 4 is 21.9 Å². The molecule has 2 fully saturated rings. The highest BCUT2D eigenvalue weighted by Gasteiger charge is 2.48. The fraction of sp³-hybridized carbons (Fsp3) is 0.611. The lowest BCUT2D eigenvalue weighted by Gasteiger charge is -2.49. The van der Waals surface area contributed by atoms with Gasteiger partial charge in [-0.1, -0.05) is 28.1 Å². The van der Waals surface area contributed by atoms with Crippen molar-refractivity contribution in [1.82, 2.24) is 5.32 Å². The average Bonchev–Trinajstić information content (AvgIpc) is 2.61. The molecule has 0 aliphatic carbocycles. The summed E-state index contributed by atoms with van der Waals surface area (Å²) < 4.78 is 18.2. The van der Waals surface area contributed by atoms with Gasteiger partial charge in [-0.3, -0.25) is 0 Å². The zero-order valence-corrected chi connectivity index (χ0v) is 15.6. The van der Waals surface area contributed by atoms with E-state index in [2.05, 4.69) is 33.4 Å². The third-order valence-corrected chi connectivity index (χ3v) is 5.63. The fourth-order valence-electron chi connectivity index (χ4n) is 3.76. The predicted molar refractivity (Wildman–Crippen MR) is 93.8 cm³/mol. The van der Waals surface area contributed by atoms with Crippen molar-refractivity contribution in [3.63, 3.8) is 0 Å². The van der Waals surface area contributed by atoms with Crippen molar-refractivity contribution in [3.05, 3.63) is 34.3 Å². The lowest BCUT2D eigenvalue weighted by atomic mass is 9.74. The van der Waals surface area contributed by atoms with Crippen LogP contribution in [0.5, 0.6) is 0 Å². The number of ether oxygens (including phenoxy) is 3. The summed E-state index contributed by atoms with van der Waals surface area (Å²) in [6, 6.07) is 8.18. The summed E-state index contributed by atoms with van der Waals surface area (Å²) in [4.78, 5) is 11.7. The second-order valence-electron chi connectivity index (χ2n) is 6.57. The molecule has 132 valence electrons. The van der Waals surface area contributed by atoms with Crippen LogP contribution in [0, 0.1) is 0 Å². The highest BCUT2D eigenvalue weighted by molar-refractivity contribution is 9.10. The van der Waals surface area contributed by atoms with E-state index in [0.717, 1.165) is 48.8 Å². The summed E-state index contributed by atoms with van der Waals surface area (Å²) in [6.45, 7) is 2.50. The van der Waals surface area contributed by atoms with Crippen molar-refractivity contribution in [3.8, 4) is 0 Å². The summed E-state index contributed by atoms with van der Waals surface area (Å²) >= 11 is 3.48. The van der Waals surface area contributed by atoms with E-state index in [-0.39, 0.29) is 18.2 Å². The van der Waals surface area contributed by atoms with E-state index in [0.29, 0.717) is 6.61 Å². The first kappa shape index (κ1) is 17.9. The van der Waals surface area contributed by atoms with Gasteiger partial charge in [0.15, 0.2) is 0 Å². The molecule has 5 nitrogen and oxygen atoms in total. The number of rotatable bonds is 4. The minimum Gasteiger partial charge on any atom is -0.467 e. The Morgan fingerprint density at radius 1 is 1.25 bits per heavy atom. The number of esters is 1. The minimum absolute atomic E-state index is 0.0408. The third kappa shape index (κ3) is 3.82. The molecule has 6 heteroatoms. The van der Waals surface area contributed by atoms with Crippen LogP contribution < -0.4 is 5.32 Å². The molecule has 2 saturated heterocycles. The lowest BCUT2D eigenvalue weighted by molar-refractivity contribution is -0.201. The van der Waals surface area contributed by atoms with Crippen LogP contribution in [-0.4, -0.2) is 45.0 Å². The van der Waals surface area contributed by atoms with Gasteiger partial charge in [-0.2, -0.15) is 0 Å². The van der Waals surface area contributed by atoms with Crippen molar-refractivity contribution in [1.29, 1.82) is 0 Å². The number of benzene rings is 1. The molecule has 1 unspecified atom stereocenters. The van der Waals surface area contributed by atoms with E-state index in [9.17, 15) is 4.79 Å². The third-order valence-electron chi connectivity index (χ3n) is 5.10. The van der Waals surface area contributed by atoms with Crippen LogP contribution in [0.25, 0.3) is 0 Å². The Morgan fingerprint density at radius 2 is 1.96 bits per heavy atom. The van der Waals surface area contributed by atoms with Gasteiger partial charge in [-0.05, 0) is 43.6 Å². The Bertz CT molecular complexity index is 565. The number of hydrogen-bond acceptors (Lipinski definition) is 5. The van der Waals surface area contributed by atoms with Gasteiger partial charge in [0.1, 0.15) is 6.61 Å². The Balaban J connectivity index is 1.88. The summed E-state index contributed by atoms with van der Waals surface area (Å²) in [5, 5.41) is 3.39. The standard InChI is InChI=1S/C18H24BrNO4/c1-22-16(21)12-24-18(14-2-4-15(19)5-3-14)8-11-23-17(13-18)6-9-20-10-7-17/h2-5,20H,6-13H2,1H3. The topological polar surface area (TPSA) is 56.8 Å². The molecule has 2 heterocycles. The Kier molecular flexibility index (Phi) is 5.59. The molecule has 0 radical (unpaired) electrons. The first-order chi connectivity index (χ1) is 11.6. The maximum Gasteiger partial charge on any atom is 0.331 e. The average molecular weight is 398 g/mol. The molecule has 0 bridgehead atoms. The van der Waals surface area contributed by atoms with E-state index in [1.54, 1.807) is 0 Å². The molecule has 0 aromatic heterocycles. The number of carbonyl (C=O) groups is 1. The highest BCUT2D eigenvalue weighted by atomic mass is 79.9. The van der Waals surface area contributed by atoms with Crippen LogP contribution in [0.3, 0.4) is 0 Å². The van der Waals surface area contributed by atoms with Gasteiger partial charge < -0.3 is 19.5 Å². The number of methoxy groups -OCH3 is 1. The van der Waals surface area contributed by atoms with Gasteiger partial charge in [0.2, 0.25) is 0 Å². The number of nitrogens with one attached hydrogen (secondary N) is 1. The van der Waals surface area contributed by atoms with Gasteiger partial charge >= 0.3 is 5.97 Å². The minimum atomic E-state index is -0.509. The van der Waals surface area contributed by atoms with Crippen molar-refractivity contribution in [2.24, 2.45) is 0 Å². The van der Waals surface area contributed by atoms with Gasteiger partial charge in [0, 0.05) is 17.3 Å². The molecule has 2 aliphatic rings. The van der Waals surface area contributed by atoms with Crippen LogP contribution >= 0.6 is 15.9 Å². The SMILES string of the molecule is COC(=O)COC1(c2ccc(Br)cc2)CCOC2(CCNCC2)C1. The van der Waals surface area contributed by atoms with E-state index < -0.39 is 5.60 Å². The summed E-state index contributed by atoms with van der Waals surface area (Å²) in [5.74, 6) is -0.350. The van der Waals surface area contributed by atoms with Crippen LogP contribution in [0.1, 0.15) is 31.2 Å². The van der Waals surface area contributed by atoms with Crippen LogP contribution in [0.15, 0.2) is 28.7 Å². The smallest absolute Gasteiger partial charge is 0.331 e. The van der Waals surface area contributed by atoms with E-state index in [1.165, 1.54) is 7.11 Å². The van der Waals surface area contributed by atoms with Crippen molar-refractivity contribution < 1.29 is 19.0 Å². The monoisotopic (exact) mass is 397 g/mol. The molecule has 1 aromatic rings. The van der Waals surface area contributed by atoms with E-state index in [4.69, 9.17) is 14.2 Å². The molecule has 0 amide bonds. The fourth-order valence-corrected chi connectivity index (χ4v) is 4.02. The first-order valence-electron chi connectivity index (χ1n) is 8.39. The zero-order valence-electron chi connectivity index (χ0n) is 14.0. The van der Waals surface area contributed by atoms with E-state index >= 15 is 0 Å².